The van der Waals surface area contributed by atoms with Gasteiger partial charge in [0.1, 0.15) is 12.8 Å². The number of hydrogen-bond donors (Lipinski definition) is 2. The van der Waals surface area contributed by atoms with Gasteiger partial charge in [-0.1, -0.05) is 0 Å². The standard InChI is InChI=1S/C6H11FN2O2/c7-4-9-2-1-8-5(3-9)6(10)11/h5,8H,1-4H2,(H,10,11). The molecule has 5 heteroatoms. The molecule has 0 aromatic rings. The zero-order valence-electron chi connectivity index (χ0n) is 6.09. The summed E-state index contributed by atoms with van der Waals surface area (Å²) in [6.07, 6.45) is 0. The smallest absolute Gasteiger partial charge is 0.322 e. The second-order valence-electron chi connectivity index (χ2n) is 2.54. The molecule has 1 aliphatic rings. The SMILES string of the molecule is O=C(O)C1CN(CF)CCN1. The third kappa shape index (κ3) is 2.13. The molecule has 0 bridgehead atoms. The van der Waals surface area contributed by atoms with Gasteiger partial charge in [0.05, 0.1) is 0 Å². The van der Waals surface area contributed by atoms with Gasteiger partial charge in [0.15, 0.2) is 0 Å². The molecule has 0 aromatic heterocycles. The summed E-state index contributed by atoms with van der Waals surface area (Å²) in [6, 6.07) is -0.612. The third-order valence-electron chi connectivity index (χ3n) is 1.73. The summed E-state index contributed by atoms with van der Waals surface area (Å²) in [5.41, 5.74) is 0. The zero-order chi connectivity index (χ0) is 8.27. The summed E-state index contributed by atoms with van der Waals surface area (Å²) < 4.78 is 12.0. The number of alkyl halides is 1. The van der Waals surface area contributed by atoms with Gasteiger partial charge in [0.25, 0.3) is 0 Å². The molecule has 0 spiro atoms. The second-order valence-corrected chi connectivity index (χ2v) is 2.54. The van der Waals surface area contributed by atoms with Gasteiger partial charge in [-0.2, -0.15) is 0 Å². The molecule has 4 nitrogen and oxygen atoms in total. The van der Waals surface area contributed by atoms with Crippen molar-refractivity contribution in [1.82, 2.24) is 10.2 Å². The van der Waals surface area contributed by atoms with Crippen LogP contribution in [0.5, 0.6) is 0 Å². The second kappa shape index (κ2) is 3.64. The van der Waals surface area contributed by atoms with Crippen molar-refractivity contribution in [3.8, 4) is 0 Å². The zero-order valence-corrected chi connectivity index (χ0v) is 6.09. The maximum absolute atomic E-state index is 12.0. The summed E-state index contributed by atoms with van der Waals surface area (Å²) in [4.78, 5) is 11.9. The fourth-order valence-electron chi connectivity index (χ4n) is 1.08. The maximum Gasteiger partial charge on any atom is 0.322 e. The first kappa shape index (κ1) is 8.42. The van der Waals surface area contributed by atoms with E-state index in [0.29, 0.717) is 13.1 Å². The Balaban J connectivity index is 2.39. The molecule has 1 heterocycles. The van der Waals surface area contributed by atoms with Crippen LogP contribution in [0, 0.1) is 0 Å². The predicted molar refractivity (Wildman–Crippen MR) is 37.0 cm³/mol. The Morgan fingerprint density at radius 2 is 2.55 bits per heavy atom. The number of carboxylic acid groups (broad SMARTS) is 1. The average Bonchev–Trinajstić information content (AvgIpc) is 2.05. The topological polar surface area (TPSA) is 52.6 Å². The maximum atomic E-state index is 12.0. The lowest BCUT2D eigenvalue weighted by molar-refractivity contribution is -0.140. The summed E-state index contributed by atoms with van der Waals surface area (Å²) in [6.45, 7) is 0.818. The molecule has 1 aliphatic heterocycles. The lowest BCUT2D eigenvalue weighted by Gasteiger charge is -2.28. The van der Waals surface area contributed by atoms with Gasteiger partial charge in [0.2, 0.25) is 0 Å². The van der Waals surface area contributed by atoms with Crippen LogP contribution in [0.25, 0.3) is 0 Å². The van der Waals surface area contributed by atoms with Crippen LogP contribution < -0.4 is 5.32 Å². The molecular formula is C6H11FN2O2. The quantitative estimate of drug-likeness (QED) is 0.526. The first-order valence-corrected chi connectivity index (χ1v) is 3.48. The van der Waals surface area contributed by atoms with Crippen LogP contribution in [0.1, 0.15) is 0 Å². The Kier molecular flexibility index (Phi) is 2.78. The van der Waals surface area contributed by atoms with Crippen molar-refractivity contribution in [3.05, 3.63) is 0 Å². The van der Waals surface area contributed by atoms with E-state index >= 15 is 0 Å². The van der Waals surface area contributed by atoms with Gasteiger partial charge in [-0.3, -0.25) is 9.69 Å². The lowest BCUT2D eigenvalue weighted by Crippen LogP contribution is -2.53. The fraction of sp³-hybridized carbons (Fsp3) is 0.833. The minimum atomic E-state index is -0.914. The molecule has 11 heavy (non-hydrogen) atoms. The minimum Gasteiger partial charge on any atom is -0.480 e. The van der Waals surface area contributed by atoms with Crippen molar-refractivity contribution >= 4 is 5.97 Å². The summed E-state index contributed by atoms with van der Waals surface area (Å²) in [7, 11) is 0. The van der Waals surface area contributed by atoms with Crippen LogP contribution in [0.2, 0.25) is 0 Å². The Morgan fingerprint density at radius 3 is 3.09 bits per heavy atom. The van der Waals surface area contributed by atoms with Crippen molar-refractivity contribution in [1.29, 1.82) is 0 Å². The van der Waals surface area contributed by atoms with Crippen molar-refractivity contribution < 1.29 is 14.3 Å². The number of carbonyl (C=O) groups is 1. The number of halogens is 1. The number of rotatable bonds is 2. The molecule has 0 aliphatic carbocycles. The number of aliphatic carboxylic acids is 1. The van der Waals surface area contributed by atoms with Crippen molar-refractivity contribution in [2.24, 2.45) is 0 Å². The van der Waals surface area contributed by atoms with E-state index in [1.54, 1.807) is 0 Å². The van der Waals surface area contributed by atoms with Gasteiger partial charge in [-0.15, -0.1) is 0 Å². The summed E-state index contributed by atoms with van der Waals surface area (Å²) in [5.74, 6) is -0.914. The summed E-state index contributed by atoms with van der Waals surface area (Å²) in [5, 5.41) is 11.3. The minimum absolute atomic E-state index is 0.256. The van der Waals surface area contributed by atoms with Crippen molar-refractivity contribution in [2.75, 3.05) is 26.4 Å². The first-order chi connectivity index (χ1) is 5.24. The van der Waals surface area contributed by atoms with Crippen LogP contribution >= 0.6 is 0 Å². The van der Waals surface area contributed by atoms with Crippen LogP contribution in [0.15, 0.2) is 0 Å². The van der Waals surface area contributed by atoms with Crippen LogP contribution in [-0.4, -0.2) is 48.5 Å². The Hall–Kier alpha value is -0.680. The molecule has 64 valence electrons. The fourth-order valence-corrected chi connectivity index (χ4v) is 1.08. The highest BCUT2D eigenvalue weighted by Crippen LogP contribution is 1.98. The monoisotopic (exact) mass is 162 g/mol. The number of nitrogens with one attached hydrogen (secondary N) is 1. The molecule has 1 fully saturated rings. The molecule has 2 N–H and O–H groups in total. The summed E-state index contributed by atoms with van der Waals surface area (Å²) >= 11 is 0. The van der Waals surface area contributed by atoms with E-state index in [9.17, 15) is 9.18 Å². The number of carboxylic acids is 1. The Labute approximate surface area is 64.0 Å². The highest BCUT2D eigenvalue weighted by molar-refractivity contribution is 5.73. The molecule has 1 saturated heterocycles. The van der Waals surface area contributed by atoms with Crippen LogP contribution in [0.4, 0.5) is 4.39 Å². The molecule has 1 atom stereocenters. The van der Waals surface area contributed by atoms with E-state index in [2.05, 4.69) is 5.32 Å². The van der Waals surface area contributed by atoms with Crippen molar-refractivity contribution in [3.63, 3.8) is 0 Å². The highest BCUT2D eigenvalue weighted by Gasteiger charge is 2.23. The van der Waals surface area contributed by atoms with Gasteiger partial charge in [-0.05, 0) is 0 Å². The van der Waals surface area contributed by atoms with Crippen molar-refractivity contribution in [2.45, 2.75) is 6.04 Å². The Morgan fingerprint density at radius 1 is 1.82 bits per heavy atom. The molecule has 1 rings (SSSR count). The van der Waals surface area contributed by atoms with E-state index in [0.717, 1.165) is 0 Å². The first-order valence-electron chi connectivity index (χ1n) is 3.48. The molecule has 0 aromatic carbocycles. The molecule has 0 saturated carbocycles. The average molecular weight is 162 g/mol. The highest BCUT2D eigenvalue weighted by atomic mass is 19.1. The molecule has 1 unspecified atom stereocenters. The van der Waals surface area contributed by atoms with Crippen LogP contribution in [0.3, 0.4) is 0 Å². The number of piperazine rings is 1. The molecule has 0 radical (unpaired) electrons. The third-order valence-corrected chi connectivity index (χ3v) is 1.73. The predicted octanol–water partition coefficient (Wildman–Crippen LogP) is -0.728. The van der Waals surface area contributed by atoms with E-state index in [1.165, 1.54) is 4.90 Å². The van der Waals surface area contributed by atoms with E-state index in [4.69, 9.17) is 5.11 Å². The van der Waals surface area contributed by atoms with E-state index in [1.807, 2.05) is 0 Å². The van der Waals surface area contributed by atoms with Crippen LogP contribution in [-0.2, 0) is 4.79 Å². The van der Waals surface area contributed by atoms with E-state index in [-0.39, 0.29) is 6.54 Å². The normalized spacial score (nSPS) is 26.8. The largest absolute Gasteiger partial charge is 0.480 e. The van der Waals surface area contributed by atoms with Gasteiger partial charge >= 0.3 is 5.97 Å². The number of nitrogens with zero attached hydrogens (tertiary/aromatic N) is 1. The van der Waals surface area contributed by atoms with Gasteiger partial charge < -0.3 is 10.4 Å². The number of hydrogen-bond acceptors (Lipinski definition) is 3. The molecular weight excluding hydrogens is 151 g/mol. The lowest BCUT2D eigenvalue weighted by atomic mass is 10.2. The van der Waals surface area contributed by atoms with Gasteiger partial charge in [-0.25, -0.2) is 4.39 Å². The van der Waals surface area contributed by atoms with Gasteiger partial charge in [0, 0.05) is 19.6 Å². The Bertz CT molecular complexity index is 154. The molecule has 0 amide bonds. The van der Waals surface area contributed by atoms with E-state index < -0.39 is 18.8 Å².